The molecule has 0 unspecified atom stereocenters. The minimum absolute atomic E-state index is 0.00743. The molecule has 2 heterocycles. The van der Waals surface area contributed by atoms with Crippen molar-refractivity contribution in [2.24, 2.45) is 0 Å². The van der Waals surface area contributed by atoms with Crippen LogP contribution in [-0.2, 0) is 0 Å². The van der Waals surface area contributed by atoms with Crippen LogP contribution in [0.4, 0.5) is 5.69 Å². The number of ketones is 1. The summed E-state index contributed by atoms with van der Waals surface area (Å²) < 4.78 is 7.05. The molecule has 0 aliphatic rings. The molecule has 0 atom stereocenters. The summed E-state index contributed by atoms with van der Waals surface area (Å²) >= 11 is 5.78. The molecule has 7 nitrogen and oxygen atoms in total. The lowest BCUT2D eigenvalue weighted by molar-refractivity contribution is -0.384. The van der Waals surface area contributed by atoms with Crippen molar-refractivity contribution in [3.63, 3.8) is 0 Å². The number of allylic oxidation sites excluding steroid dienone is 1. The van der Waals surface area contributed by atoms with Crippen molar-refractivity contribution in [3.05, 3.63) is 79.8 Å². The Morgan fingerprint density at radius 2 is 2.00 bits per heavy atom. The summed E-state index contributed by atoms with van der Waals surface area (Å²) in [7, 11) is 0. The van der Waals surface area contributed by atoms with Gasteiger partial charge in [-0.25, -0.2) is 0 Å². The van der Waals surface area contributed by atoms with Gasteiger partial charge in [0.2, 0.25) is 0 Å². The number of carbonyl (C=O) groups is 1. The Bertz CT molecular complexity index is 1080. The Kier molecular flexibility index (Phi) is 4.96. The third-order valence-electron chi connectivity index (χ3n) is 4.16. The van der Waals surface area contributed by atoms with E-state index in [-0.39, 0.29) is 22.1 Å². The second-order valence-electron chi connectivity index (χ2n) is 6.08. The van der Waals surface area contributed by atoms with E-state index in [4.69, 9.17) is 16.1 Å². The number of hydrogen-bond donors (Lipinski definition) is 0. The maximum atomic E-state index is 12.4. The van der Waals surface area contributed by atoms with Gasteiger partial charge in [0.1, 0.15) is 10.8 Å². The van der Waals surface area contributed by atoms with E-state index in [2.05, 4.69) is 5.16 Å². The average Bonchev–Trinajstić information content (AvgIpc) is 3.15. The molecule has 0 aliphatic heterocycles. The fourth-order valence-electron chi connectivity index (χ4n) is 2.84. The second kappa shape index (κ2) is 7.20. The monoisotopic (exact) mass is 385 g/mol. The first-order chi connectivity index (χ1) is 12.8. The fraction of sp³-hybridized carbons (Fsp3) is 0.158. The van der Waals surface area contributed by atoms with E-state index in [1.807, 2.05) is 37.5 Å². The van der Waals surface area contributed by atoms with Gasteiger partial charge >= 0.3 is 0 Å². The maximum Gasteiger partial charge on any atom is 0.288 e. The summed E-state index contributed by atoms with van der Waals surface area (Å²) in [6, 6.07) is 7.73. The topological polar surface area (TPSA) is 91.2 Å². The van der Waals surface area contributed by atoms with Crippen molar-refractivity contribution in [2.75, 3.05) is 0 Å². The molecular formula is C19H16ClN3O4. The Balaban J connectivity index is 1.90. The third kappa shape index (κ3) is 3.68. The molecule has 1 aromatic carbocycles. The molecule has 8 heteroatoms. The van der Waals surface area contributed by atoms with Crippen molar-refractivity contribution in [1.29, 1.82) is 0 Å². The first-order valence-corrected chi connectivity index (χ1v) is 8.44. The van der Waals surface area contributed by atoms with Crippen LogP contribution in [0.5, 0.6) is 0 Å². The molecule has 3 rings (SSSR count). The molecule has 0 saturated heterocycles. The Labute approximate surface area is 160 Å². The van der Waals surface area contributed by atoms with Crippen molar-refractivity contribution in [2.45, 2.75) is 20.8 Å². The number of rotatable bonds is 5. The number of nitro benzene ring substituents is 1. The Hall–Kier alpha value is -3.19. The Morgan fingerprint density at radius 3 is 2.63 bits per heavy atom. The lowest BCUT2D eigenvalue weighted by atomic mass is 10.1. The summed E-state index contributed by atoms with van der Waals surface area (Å²) in [5.41, 5.74) is 2.57. The first-order valence-electron chi connectivity index (χ1n) is 8.07. The van der Waals surface area contributed by atoms with Crippen molar-refractivity contribution >= 4 is 29.1 Å². The SMILES string of the molecule is Cc1cc(-n2c(C)cc(/C=C/C(=O)c3ccc(Cl)c([N+](=O)[O-])c3)c2C)no1. The van der Waals surface area contributed by atoms with E-state index in [9.17, 15) is 14.9 Å². The summed E-state index contributed by atoms with van der Waals surface area (Å²) in [6.45, 7) is 5.66. The molecule has 0 spiro atoms. The van der Waals surface area contributed by atoms with E-state index in [0.29, 0.717) is 11.6 Å². The smallest absolute Gasteiger partial charge is 0.288 e. The summed E-state index contributed by atoms with van der Waals surface area (Å²) in [5.74, 6) is 1.02. The highest BCUT2D eigenvalue weighted by Crippen LogP contribution is 2.26. The zero-order valence-electron chi connectivity index (χ0n) is 14.9. The lowest BCUT2D eigenvalue weighted by Crippen LogP contribution is -1.99. The van der Waals surface area contributed by atoms with Gasteiger partial charge in [-0.3, -0.25) is 19.5 Å². The molecule has 3 aromatic rings. The molecule has 0 saturated carbocycles. The van der Waals surface area contributed by atoms with Crippen molar-refractivity contribution < 1.29 is 14.2 Å². The van der Waals surface area contributed by atoms with Crippen LogP contribution in [0, 0.1) is 30.9 Å². The van der Waals surface area contributed by atoms with Gasteiger partial charge in [-0.15, -0.1) is 0 Å². The summed E-state index contributed by atoms with van der Waals surface area (Å²) in [6.07, 6.45) is 3.06. The molecular weight excluding hydrogens is 370 g/mol. The first kappa shape index (κ1) is 18.6. The van der Waals surface area contributed by atoms with Crippen molar-refractivity contribution in [3.8, 4) is 5.82 Å². The van der Waals surface area contributed by atoms with Crippen LogP contribution in [0.2, 0.25) is 5.02 Å². The van der Waals surface area contributed by atoms with Gasteiger partial charge in [-0.1, -0.05) is 16.8 Å². The number of carbonyl (C=O) groups excluding carboxylic acids is 1. The summed E-state index contributed by atoms with van der Waals surface area (Å²) in [5, 5.41) is 15.0. The van der Waals surface area contributed by atoms with Gasteiger partial charge in [0.05, 0.1) is 4.92 Å². The highest BCUT2D eigenvalue weighted by Gasteiger charge is 2.16. The van der Waals surface area contributed by atoms with Crippen molar-refractivity contribution in [1.82, 2.24) is 9.72 Å². The zero-order chi connectivity index (χ0) is 19.7. The van der Waals surface area contributed by atoms with Gasteiger partial charge in [0, 0.05) is 29.1 Å². The van der Waals surface area contributed by atoms with Gasteiger partial charge in [0.25, 0.3) is 5.69 Å². The van der Waals surface area contributed by atoms with Crippen LogP contribution in [-0.4, -0.2) is 20.4 Å². The van der Waals surface area contributed by atoms with Crippen LogP contribution in [0.25, 0.3) is 11.9 Å². The lowest BCUT2D eigenvalue weighted by Gasteiger charge is -2.04. The predicted molar refractivity (Wildman–Crippen MR) is 102 cm³/mol. The number of aryl methyl sites for hydroxylation is 2. The number of benzene rings is 1. The van der Waals surface area contributed by atoms with Crippen LogP contribution in [0.15, 0.2) is 40.9 Å². The van der Waals surface area contributed by atoms with Crippen LogP contribution in [0.3, 0.4) is 0 Å². The quantitative estimate of drug-likeness (QED) is 0.271. The largest absolute Gasteiger partial charge is 0.360 e. The van der Waals surface area contributed by atoms with Crippen LogP contribution < -0.4 is 0 Å². The molecule has 0 N–H and O–H groups in total. The normalized spacial score (nSPS) is 11.3. The van der Waals surface area contributed by atoms with Gasteiger partial charge < -0.3 is 4.52 Å². The fourth-order valence-corrected chi connectivity index (χ4v) is 3.02. The van der Waals surface area contributed by atoms with E-state index < -0.39 is 4.92 Å². The van der Waals surface area contributed by atoms with E-state index >= 15 is 0 Å². The molecule has 0 bridgehead atoms. The van der Waals surface area contributed by atoms with E-state index in [0.717, 1.165) is 17.0 Å². The third-order valence-corrected chi connectivity index (χ3v) is 4.48. The van der Waals surface area contributed by atoms with E-state index in [1.165, 1.54) is 24.3 Å². The predicted octanol–water partition coefficient (Wildman–Crippen LogP) is 4.85. The van der Waals surface area contributed by atoms with E-state index in [1.54, 1.807) is 6.08 Å². The molecule has 27 heavy (non-hydrogen) atoms. The highest BCUT2D eigenvalue weighted by molar-refractivity contribution is 6.32. The van der Waals surface area contributed by atoms with Crippen LogP contribution >= 0.6 is 11.6 Å². The molecule has 138 valence electrons. The standard InChI is InChI=1S/C19H16ClN3O4/c1-11-8-14(13(3)22(11)19-9-12(2)27-21-19)5-7-18(24)15-4-6-16(20)17(10-15)23(25)26/h4-10H,1-3H3/b7-5+. The molecule has 2 aromatic heterocycles. The number of aromatic nitrogens is 2. The Morgan fingerprint density at radius 1 is 1.26 bits per heavy atom. The number of hydrogen-bond acceptors (Lipinski definition) is 5. The molecule has 0 fully saturated rings. The zero-order valence-corrected chi connectivity index (χ0v) is 15.6. The minimum atomic E-state index is -0.615. The molecule has 0 amide bonds. The number of nitrogens with zero attached hydrogens (tertiary/aromatic N) is 3. The van der Waals surface area contributed by atoms with Gasteiger partial charge in [-0.05, 0) is 56.7 Å². The number of halogens is 1. The molecule has 0 aliphatic carbocycles. The van der Waals surface area contributed by atoms with Gasteiger partial charge in [-0.2, -0.15) is 0 Å². The highest BCUT2D eigenvalue weighted by atomic mass is 35.5. The number of nitro groups is 1. The minimum Gasteiger partial charge on any atom is -0.360 e. The molecule has 0 radical (unpaired) electrons. The summed E-state index contributed by atoms with van der Waals surface area (Å²) in [4.78, 5) is 22.8. The van der Waals surface area contributed by atoms with Gasteiger partial charge in [0.15, 0.2) is 11.6 Å². The maximum absolute atomic E-state index is 12.4. The average molecular weight is 386 g/mol. The second-order valence-corrected chi connectivity index (χ2v) is 6.49. The van der Waals surface area contributed by atoms with Crippen LogP contribution in [0.1, 0.15) is 33.1 Å².